The lowest BCUT2D eigenvalue weighted by Gasteiger charge is -2.14. The van der Waals surface area contributed by atoms with Crippen LogP contribution in [0.5, 0.6) is 0 Å². The van der Waals surface area contributed by atoms with Crippen LogP contribution in [0, 0.1) is 10.1 Å². The van der Waals surface area contributed by atoms with E-state index in [4.69, 9.17) is 5.73 Å². The Bertz CT molecular complexity index is 364. The molecule has 0 aromatic heterocycles. The number of hydrogen-bond acceptors (Lipinski definition) is 3. The second kappa shape index (κ2) is 2.53. The lowest BCUT2D eigenvalue weighted by Crippen LogP contribution is -2.42. The Labute approximate surface area is 75.5 Å². The lowest BCUT2D eigenvalue weighted by atomic mass is 10.0. The molecule has 4 nitrogen and oxygen atoms in total. The molecule has 68 valence electrons. The summed E-state index contributed by atoms with van der Waals surface area (Å²) in [7, 11) is 0. The fourth-order valence-corrected chi connectivity index (χ4v) is 1.81. The molecule has 0 amide bonds. The van der Waals surface area contributed by atoms with E-state index in [0.717, 1.165) is 5.56 Å². The average Bonchev–Trinajstić information content (AvgIpc) is 2.47. The normalized spacial score (nSPS) is 25.6. The fourth-order valence-electron chi connectivity index (χ4n) is 1.81. The quantitative estimate of drug-likeness (QED) is 0.396. The molecule has 0 aliphatic heterocycles. The van der Waals surface area contributed by atoms with Gasteiger partial charge in [0.05, 0.1) is 0 Å². The molecule has 1 aromatic carbocycles. The van der Waals surface area contributed by atoms with Crippen LogP contribution in [0.4, 0.5) is 0 Å². The summed E-state index contributed by atoms with van der Waals surface area (Å²) in [5, 5.41) is 10.8. The van der Waals surface area contributed by atoms with Crippen molar-refractivity contribution in [2.45, 2.75) is 18.5 Å². The van der Waals surface area contributed by atoms with Gasteiger partial charge in [-0.3, -0.25) is 15.8 Å². The summed E-state index contributed by atoms with van der Waals surface area (Å²) in [5.41, 5.74) is 6.03. The maximum Gasteiger partial charge on any atom is 0.298 e. The van der Waals surface area contributed by atoms with Gasteiger partial charge in [0.15, 0.2) is 0 Å². The molecule has 0 bridgehead atoms. The van der Waals surface area contributed by atoms with Crippen molar-refractivity contribution in [3.63, 3.8) is 0 Å². The van der Waals surface area contributed by atoms with Crippen LogP contribution in [0.2, 0.25) is 0 Å². The number of rotatable bonds is 1. The molecule has 0 fully saturated rings. The van der Waals surface area contributed by atoms with Crippen LogP contribution in [0.25, 0.3) is 0 Å². The zero-order chi connectivity index (χ0) is 9.47. The zero-order valence-corrected chi connectivity index (χ0v) is 7.06. The molecule has 1 atom stereocenters. The van der Waals surface area contributed by atoms with Gasteiger partial charge in [-0.1, -0.05) is 24.3 Å². The van der Waals surface area contributed by atoms with Gasteiger partial charge in [-0.05, 0) is 12.0 Å². The third-order valence-corrected chi connectivity index (χ3v) is 2.59. The lowest BCUT2D eigenvalue weighted by molar-refractivity contribution is -0.578. The van der Waals surface area contributed by atoms with Crippen LogP contribution in [-0.4, -0.2) is 4.92 Å². The van der Waals surface area contributed by atoms with E-state index < -0.39 is 10.6 Å². The van der Waals surface area contributed by atoms with Gasteiger partial charge in [0, 0.05) is 16.9 Å². The van der Waals surface area contributed by atoms with Gasteiger partial charge >= 0.3 is 0 Å². The van der Waals surface area contributed by atoms with Crippen molar-refractivity contribution in [1.82, 2.24) is 0 Å². The topological polar surface area (TPSA) is 69.2 Å². The Hall–Kier alpha value is -1.42. The largest absolute Gasteiger partial charge is 0.298 e. The van der Waals surface area contributed by atoms with Gasteiger partial charge < -0.3 is 0 Å². The molecule has 13 heavy (non-hydrogen) atoms. The summed E-state index contributed by atoms with van der Waals surface area (Å²) in [4.78, 5) is 10.4. The van der Waals surface area contributed by atoms with Crippen molar-refractivity contribution in [3.8, 4) is 0 Å². The van der Waals surface area contributed by atoms with E-state index in [1.165, 1.54) is 0 Å². The van der Waals surface area contributed by atoms with Crippen LogP contribution in [-0.2, 0) is 12.1 Å². The van der Waals surface area contributed by atoms with E-state index in [1.54, 1.807) is 12.1 Å². The SMILES string of the molecule is NC1([N+](=O)[O-])CCc2ccccc21. The maximum absolute atomic E-state index is 10.8. The van der Waals surface area contributed by atoms with E-state index in [0.29, 0.717) is 18.4 Å². The van der Waals surface area contributed by atoms with E-state index in [2.05, 4.69) is 0 Å². The Balaban J connectivity index is 2.55. The minimum Gasteiger partial charge on any atom is -0.262 e. The molecule has 0 radical (unpaired) electrons. The van der Waals surface area contributed by atoms with Gasteiger partial charge in [0.1, 0.15) is 0 Å². The maximum atomic E-state index is 10.8. The summed E-state index contributed by atoms with van der Waals surface area (Å²) < 4.78 is 0. The molecule has 1 aliphatic carbocycles. The number of nitrogens with two attached hydrogens (primary N) is 1. The highest BCUT2D eigenvalue weighted by Crippen LogP contribution is 2.34. The van der Waals surface area contributed by atoms with Gasteiger partial charge in [-0.2, -0.15) is 0 Å². The Morgan fingerprint density at radius 2 is 2.15 bits per heavy atom. The minimum atomic E-state index is -1.35. The number of fused-ring (bicyclic) bond motifs is 1. The summed E-state index contributed by atoms with van der Waals surface area (Å²) in [6, 6.07) is 7.30. The molecular formula is C9H10N2O2. The predicted octanol–water partition coefficient (Wildman–Crippen LogP) is 1.02. The van der Waals surface area contributed by atoms with E-state index in [9.17, 15) is 10.1 Å². The first-order valence-electron chi connectivity index (χ1n) is 4.16. The molecule has 0 heterocycles. The standard InChI is InChI=1S/C9H10N2O2/c10-9(11(12)13)6-5-7-3-1-2-4-8(7)9/h1-4H,5-6,10H2. The number of benzene rings is 1. The monoisotopic (exact) mass is 178 g/mol. The summed E-state index contributed by atoms with van der Waals surface area (Å²) in [6.07, 6.45) is 1.10. The highest BCUT2D eigenvalue weighted by Gasteiger charge is 2.45. The molecule has 2 N–H and O–H groups in total. The van der Waals surface area contributed by atoms with E-state index in [-0.39, 0.29) is 0 Å². The van der Waals surface area contributed by atoms with Crippen LogP contribution in [0.1, 0.15) is 17.5 Å². The number of hydrogen-bond donors (Lipinski definition) is 1. The molecule has 4 heteroatoms. The van der Waals surface area contributed by atoms with Gasteiger partial charge in [0.25, 0.3) is 5.66 Å². The molecule has 2 rings (SSSR count). The molecular weight excluding hydrogens is 168 g/mol. The molecule has 1 aliphatic rings. The smallest absolute Gasteiger partial charge is 0.262 e. The second-order valence-corrected chi connectivity index (χ2v) is 3.34. The van der Waals surface area contributed by atoms with Crippen molar-refractivity contribution >= 4 is 0 Å². The minimum absolute atomic E-state index is 0.390. The number of aryl methyl sites for hydroxylation is 1. The second-order valence-electron chi connectivity index (χ2n) is 3.34. The van der Waals surface area contributed by atoms with E-state index >= 15 is 0 Å². The van der Waals surface area contributed by atoms with Crippen molar-refractivity contribution in [1.29, 1.82) is 0 Å². The fraction of sp³-hybridized carbons (Fsp3) is 0.333. The highest BCUT2D eigenvalue weighted by atomic mass is 16.6. The van der Waals surface area contributed by atoms with Crippen molar-refractivity contribution in [3.05, 3.63) is 45.5 Å². The third kappa shape index (κ3) is 1.02. The van der Waals surface area contributed by atoms with Crippen LogP contribution < -0.4 is 5.73 Å². The summed E-state index contributed by atoms with van der Waals surface area (Å²) in [5.74, 6) is 0. The van der Waals surface area contributed by atoms with Crippen LogP contribution in [0.15, 0.2) is 24.3 Å². The first-order chi connectivity index (χ1) is 6.14. The zero-order valence-electron chi connectivity index (χ0n) is 7.06. The average molecular weight is 178 g/mol. The van der Waals surface area contributed by atoms with Crippen molar-refractivity contribution < 1.29 is 4.92 Å². The first kappa shape index (κ1) is 8.19. The van der Waals surface area contributed by atoms with Gasteiger partial charge in [-0.15, -0.1) is 0 Å². The van der Waals surface area contributed by atoms with Gasteiger partial charge in [-0.25, -0.2) is 0 Å². The predicted molar refractivity (Wildman–Crippen MR) is 47.6 cm³/mol. The Morgan fingerprint density at radius 3 is 2.85 bits per heavy atom. The molecule has 1 aromatic rings. The van der Waals surface area contributed by atoms with Crippen molar-refractivity contribution in [2.24, 2.45) is 5.73 Å². The van der Waals surface area contributed by atoms with Gasteiger partial charge in [0.2, 0.25) is 0 Å². The third-order valence-electron chi connectivity index (χ3n) is 2.59. The van der Waals surface area contributed by atoms with Crippen LogP contribution in [0.3, 0.4) is 0 Å². The van der Waals surface area contributed by atoms with Crippen LogP contribution >= 0.6 is 0 Å². The molecule has 1 unspecified atom stereocenters. The summed E-state index contributed by atoms with van der Waals surface area (Å²) in [6.45, 7) is 0. The number of nitrogens with zero attached hydrogens (tertiary/aromatic N) is 1. The van der Waals surface area contributed by atoms with Crippen molar-refractivity contribution in [2.75, 3.05) is 0 Å². The molecule has 0 spiro atoms. The summed E-state index contributed by atoms with van der Waals surface area (Å²) >= 11 is 0. The molecule has 0 saturated heterocycles. The Morgan fingerprint density at radius 1 is 1.46 bits per heavy atom. The highest BCUT2D eigenvalue weighted by molar-refractivity contribution is 5.35. The molecule has 0 saturated carbocycles. The Kier molecular flexibility index (Phi) is 1.60. The first-order valence-corrected chi connectivity index (χ1v) is 4.16. The number of nitro groups is 1. The van der Waals surface area contributed by atoms with E-state index in [1.807, 2.05) is 12.1 Å².